The topological polar surface area (TPSA) is 79.9 Å². The predicted molar refractivity (Wildman–Crippen MR) is 90.6 cm³/mol. The molecule has 1 aliphatic heterocycles. The number of rotatable bonds is 5. The summed E-state index contributed by atoms with van der Waals surface area (Å²) in [5, 5.41) is 4.65. The van der Waals surface area contributed by atoms with Crippen LogP contribution in [0.1, 0.15) is 17.5 Å². The zero-order chi connectivity index (χ0) is 17.5. The van der Waals surface area contributed by atoms with Gasteiger partial charge in [-0.3, -0.25) is 10.1 Å². The smallest absolute Gasteiger partial charge is 0.321 e. The Bertz CT molecular complexity index is 569. The highest BCUT2D eigenvalue weighted by Gasteiger charge is 2.18. The molecule has 0 saturated heterocycles. The molecule has 1 aromatic carbocycles. The van der Waals surface area contributed by atoms with Crippen LogP contribution in [0.5, 0.6) is 11.5 Å². The largest absolute Gasteiger partial charge is 0.493 e. The molecule has 0 aromatic heterocycles. The first-order valence-electron chi connectivity index (χ1n) is 8.05. The van der Waals surface area contributed by atoms with Crippen molar-refractivity contribution in [2.75, 3.05) is 40.9 Å². The highest BCUT2D eigenvalue weighted by Crippen LogP contribution is 2.32. The average Bonchev–Trinajstić information content (AvgIpc) is 2.80. The number of carbonyl (C=O) groups is 2. The van der Waals surface area contributed by atoms with Crippen LogP contribution in [0.3, 0.4) is 0 Å². The van der Waals surface area contributed by atoms with Crippen molar-refractivity contribution < 1.29 is 19.1 Å². The lowest BCUT2D eigenvalue weighted by Gasteiger charge is -2.19. The van der Waals surface area contributed by atoms with E-state index in [1.165, 1.54) is 18.2 Å². The molecular formula is C17H25N3O4. The normalized spacial score (nSPS) is 14.3. The molecule has 0 bridgehead atoms. The molecule has 0 atom stereocenters. The van der Waals surface area contributed by atoms with Crippen LogP contribution in [0.4, 0.5) is 4.79 Å². The van der Waals surface area contributed by atoms with E-state index in [0.717, 1.165) is 37.4 Å². The summed E-state index contributed by atoms with van der Waals surface area (Å²) < 4.78 is 10.7. The van der Waals surface area contributed by atoms with Crippen molar-refractivity contribution in [3.63, 3.8) is 0 Å². The molecule has 0 fully saturated rings. The molecule has 1 heterocycles. The summed E-state index contributed by atoms with van der Waals surface area (Å²) in [4.78, 5) is 25.1. The third-order valence-electron chi connectivity index (χ3n) is 4.24. The van der Waals surface area contributed by atoms with E-state index in [4.69, 9.17) is 9.47 Å². The van der Waals surface area contributed by atoms with Crippen molar-refractivity contribution in [1.29, 1.82) is 0 Å². The van der Waals surface area contributed by atoms with Gasteiger partial charge in [-0.1, -0.05) is 0 Å². The van der Waals surface area contributed by atoms with E-state index in [0.29, 0.717) is 13.0 Å². The van der Waals surface area contributed by atoms with E-state index in [2.05, 4.69) is 15.5 Å². The monoisotopic (exact) mass is 335 g/mol. The van der Waals surface area contributed by atoms with Gasteiger partial charge in [0.2, 0.25) is 5.91 Å². The second-order valence-electron chi connectivity index (χ2n) is 5.69. The number of hydrogen-bond acceptors (Lipinski definition) is 5. The minimum atomic E-state index is -0.470. The first-order valence-corrected chi connectivity index (χ1v) is 8.05. The summed E-state index contributed by atoms with van der Waals surface area (Å²) in [5.41, 5.74) is 2.51. The number of carbonyl (C=O) groups excluding carboxylic acids is 2. The van der Waals surface area contributed by atoms with Crippen LogP contribution in [-0.2, 0) is 17.6 Å². The first kappa shape index (κ1) is 18.1. The number of nitrogens with zero attached hydrogens (tertiary/aromatic N) is 1. The van der Waals surface area contributed by atoms with Gasteiger partial charge in [-0.25, -0.2) is 4.79 Å². The van der Waals surface area contributed by atoms with Crippen molar-refractivity contribution in [3.8, 4) is 11.5 Å². The third-order valence-corrected chi connectivity index (χ3v) is 4.24. The SMILES string of the molecule is CNC(=O)NC(=O)CCN1CCc2cc(OC)c(OC)cc2CC1. The molecule has 0 spiro atoms. The highest BCUT2D eigenvalue weighted by molar-refractivity contribution is 5.94. The molecule has 0 radical (unpaired) electrons. The Kier molecular flexibility index (Phi) is 6.43. The molecule has 2 N–H and O–H groups in total. The number of methoxy groups -OCH3 is 2. The summed E-state index contributed by atoms with van der Waals surface area (Å²) in [7, 11) is 4.76. The quantitative estimate of drug-likeness (QED) is 0.837. The maximum absolute atomic E-state index is 11.7. The summed E-state index contributed by atoms with van der Waals surface area (Å²) in [6, 6.07) is 3.61. The molecule has 1 aliphatic rings. The number of imide groups is 1. The standard InChI is InChI=1S/C17H25N3O4/c1-18-17(22)19-16(21)6-9-20-7-4-12-10-14(23-2)15(24-3)11-13(12)5-8-20/h10-11H,4-9H2,1-3H3,(H2,18,19,21,22). The van der Waals surface area contributed by atoms with E-state index < -0.39 is 6.03 Å². The fourth-order valence-corrected chi connectivity index (χ4v) is 2.83. The van der Waals surface area contributed by atoms with Crippen LogP contribution in [0.25, 0.3) is 0 Å². The highest BCUT2D eigenvalue weighted by atomic mass is 16.5. The second kappa shape index (κ2) is 8.54. The Morgan fingerprint density at radius 3 is 2.08 bits per heavy atom. The number of fused-ring (bicyclic) bond motifs is 1. The van der Waals surface area contributed by atoms with Gasteiger partial charge in [0.1, 0.15) is 0 Å². The van der Waals surface area contributed by atoms with E-state index in [1.54, 1.807) is 14.2 Å². The second-order valence-corrected chi connectivity index (χ2v) is 5.69. The average molecular weight is 335 g/mol. The summed E-state index contributed by atoms with van der Waals surface area (Å²) in [6.07, 6.45) is 2.09. The van der Waals surface area contributed by atoms with Crippen molar-refractivity contribution in [2.24, 2.45) is 0 Å². The van der Waals surface area contributed by atoms with Gasteiger partial charge < -0.3 is 19.7 Å². The van der Waals surface area contributed by atoms with Gasteiger partial charge in [-0.05, 0) is 36.1 Å². The molecule has 3 amide bonds. The van der Waals surface area contributed by atoms with Crippen LogP contribution in [0.15, 0.2) is 12.1 Å². The maximum atomic E-state index is 11.7. The van der Waals surface area contributed by atoms with Gasteiger partial charge in [0.05, 0.1) is 14.2 Å². The van der Waals surface area contributed by atoms with Crippen LogP contribution in [0.2, 0.25) is 0 Å². The Labute approximate surface area is 142 Å². The summed E-state index contributed by atoms with van der Waals surface area (Å²) in [5.74, 6) is 1.23. The number of nitrogens with one attached hydrogen (secondary N) is 2. The van der Waals surface area contributed by atoms with Crippen LogP contribution < -0.4 is 20.1 Å². The van der Waals surface area contributed by atoms with Crippen LogP contribution >= 0.6 is 0 Å². The molecule has 2 rings (SSSR count). The first-order chi connectivity index (χ1) is 11.6. The number of ether oxygens (including phenoxy) is 2. The van der Waals surface area contributed by atoms with Gasteiger partial charge in [-0.2, -0.15) is 0 Å². The Morgan fingerprint density at radius 2 is 1.62 bits per heavy atom. The van der Waals surface area contributed by atoms with E-state index >= 15 is 0 Å². The van der Waals surface area contributed by atoms with E-state index in [9.17, 15) is 9.59 Å². The summed E-state index contributed by atoms with van der Waals surface area (Å²) >= 11 is 0. The maximum Gasteiger partial charge on any atom is 0.321 e. The van der Waals surface area contributed by atoms with Gasteiger partial charge in [0.25, 0.3) is 0 Å². The van der Waals surface area contributed by atoms with Crippen molar-refractivity contribution in [3.05, 3.63) is 23.3 Å². The molecular weight excluding hydrogens is 310 g/mol. The van der Waals surface area contributed by atoms with Crippen molar-refractivity contribution in [2.45, 2.75) is 19.3 Å². The zero-order valence-corrected chi connectivity index (χ0v) is 14.5. The molecule has 7 heteroatoms. The molecule has 0 unspecified atom stereocenters. The van der Waals surface area contributed by atoms with Crippen molar-refractivity contribution in [1.82, 2.24) is 15.5 Å². The molecule has 24 heavy (non-hydrogen) atoms. The van der Waals surface area contributed by atoms with Crippen LogP contribution in [-0.4, -0.2) is 57.7 Å². The molecule has 1 aromatic rings. The number of benzene rings is 1. The number of hydrogen-bond donors (Lipinski definition) is 2. The molecule has 0 aliphatic carbocycles. The lowest BCUT2D eigenvalue weighted by molar-refractivity contribution is -0.120. The van der Waals surface area contributed by atoms with Gasteiger partial charge in [-0.15, -0.1) is 0 Å². The van der Waals surface area contributed by atoms with Crippen LogP contribution in [0, 0.1) is 0 Å². The fourth-order valence-electron chi connectivity index (χ4n) is 2.83. The lowest BCUT2D eigenvalue weighted by atomic mass is 10.0. The third kappa shape index (κ3) is 4.61. The molecule has 132 valence electrons. The predicted octanol–water partition coefficient (Wildman–Crippen LogP) is 0.950. The minimum absolute atomic E-state index is 0.264. The Morgan fingerprint density at radius 1 is 1.08 bits per heavy atom. The molecule has 0 saturated carbocycles. The lowest BCUT2D eigenvalue weighted by Crippen LogP contribution is -2.39. The van der Waals surface area contributed by atoms with Gasteiger partial charge in [0, 0.05) is 33.1 Å². The van der Waals surface area contributed by atoms with Gasteiger partial charge in [0.15, 0.2) is 11.5 Å². The Hall–Kier alpha value is -2.28. The fraction of sp³-hybridized carbons (Fsp3) is 0.529. The minimum Gasteiger partial charge on any atom is -0.493 e. The molecule has 7 nitrogen and oxygen atoms in total. The van der Waals surface area contributed by atoms with E-state index in [-0.39, 0.29) is 5.91 Å². The number of amides is 3. The zero-order valence-electron chi connectivity index (χ0n) is 14.5. The number of urea groups is 1. The van der Waals surface area contributed by atoms with E-state index in [1.807, 2.05) is 12.1 Å². The summed E-state index contributed by atoms with van der Waals surface area (Å²) in [6.45, 7) is 2.37. The van der Waals surface area contributed by atoms with Crippen molar-refractivity contribution >= 4 is 11.9 Å². The van der Waals surface area contributed by atoms with Gasteiger partial charge >= 0.3 is 6.03 Å². The Balaban J connectivity index is 1.93.